The molecule has 6 heteroatoms. The number of carbonyl (C=O) groups excluding carboxylic acids is 1. The van der Waals surface area contributed by atoms with Crippen molar-refractivity contribution in [2.45, 2.75) is 45.7 Å². The van der Waals surface area contributed by atoms with Crippen LogP contribution in [0.25, 0.3) is 0 Å². The number of aromatic nitrogens is 2. The summed E-state index contributed by atoms with van der Waals surface area (Å²) in [4.78, 5) is 29.6. The number of hydrogen-bond donors (Lipinski definition) is 1. The van der Waals surface area contributed by atoms with Gasteiger partial charge in [-0.15, -0.1) is 0 Å². The number of hydrogen-bond acceptors (Lipinski definition) is 3. The number of aliphatic carboxylic acids is 1. The molecule has 1 aliphatic carbocycles. The van der Waals surface area contributed by atoms with Crippen LogP contribution in [0.5, 0.6) is 0 Å². The van der Waals surface area contributed by atoms with Gasteiger partial charge in [0.2, 0.25) is 5.91 Å². The second kappa shape index (κ2) is 5.26. The van der Waals surface area contributed by atoms with E-state index in [4.69, 9.17) is 5.11 Å². The van der Waals surface area contributed by atoms with E-state index in [2.05, 4.69) is 4.98 Å². The number of carbonyl (C=O) groups is 2. The van der Waals surface area contributed by atoms with E-state index in [1.165, 1.54) is 0 Å². The maximum absolute atomic E-state index is 12.4. The van der Waals surface area contributed by atoms with Crippen molar-refractivity contribution in [1.82, 2.24) is 14.5 Å². The lowest BCUT2D eigenvalue weighted by Crippen LogP contribution is -2.38. The zero-order valence-electron chi connectivity index (χ0n) is 12.2. The van der Waals surface area contributed by atoms with Crippen molar-refractivity contribution >= 4 is 11.9 Å². The molecule has 0 atom stereocenters. The summed E-state index contributed by atoms with van der Waals surface area (Å²) in [7, 11) is 1.89. The lowest BCUT2D eigenvalue weighted by molar-refractivity contribution is -0.151. The summed E-state index contributed by atoms with van der Waals surface area (Å²) in [5.41, 5.74) is -1.04. The number of rotatable bonds is 6. The average Bonchev–Trinajstić information content (AvgIpc) is 3.10. The highest BCUT2D eigenvalue weighted by atomic mass is 16.4. The van der Waals surface area contributed by atoms with Crippen LogP contribution in [0.4, 0.5) is 0 Å². The molecule has 0 radical (unpaired) electrons. The largest absolute Gasteiger partial charge is 0.481 e. The minimum Gasteiger partial charge on any atom is -0.481 e. The summed E-state index contributed by atoms with van der Waals surface area (Å²) in [5, 5.41) is 9.14. The van der Waals surface area contributed by atoms with Gasteiger partial charge >= 0.3 is 5.97 Å². The molecule has 0 bridgehead atoms. The number of carboxylic acids is 1. The fraction of sp³-hybridized carbons (Fsp3) is 0.643. The van der Waals surface area contributed by atoms with Gasteiger partial charge in [-0.25, -0.2) is 4.98 Å². The van der Waals surface area contributed by atoms with E-state index in [0.717, 1.165) is 18.7 Å². The molecule has 1 aromatic rings. The Hall–Kier alpha value is -1.85. The monoisotopic (exact) mass is 279 g/mol. The minimum absolute atomic E-state index is 0.0171. The lowest BCUT2D eigenvalue weighted by atomic mass is 9.89. The molecule has 20 heavy (non-hydrogen) atoms. The highest BCUT2D eigenvalue weighted by Gasteiger charge is 2.37. The molecule has 1 aliphatic rings. The molecule has 1 amide bonds. The normalized spacial score (nSPS) is 15.2. The van der Waals surface area contributed by atoms with Gasteiger partial charge in [0.15, 0.2) is 0 Å². The van der Waals surface area contributed by atoms with Gasteiger partial charge in [0.1, 0.15) is 5.82 Å². The van der Waals surface area contributed by atoms with Crippen LogP contribution in [0.2, 0.25) is 0 Å². The van der Waals surface area contributed by atoms with Gasteiger partial charge in [-0.1, -0.05) is 0 Å². The Morgan fingerprint density at radius 3 is 2.60 bits per heavy atom. The first-order valence-electron chi connectivity index (χ1n) is 6.80. The van der Waals surface area contributed by atoms with Crippen LogP contribution in [0.15, 0.2) is 12.4 Å². The molecule has 1 aromatic heterocycles. The standard InChI is InChI=1S/C14H21N3O3/c1-14(2,13(19)20)8-12(18)17(10-4-5-10)9-11-15-6-7-16(11)3/h6-7,10H,4-5,8-9H2,1-3H3,(H,19,20). The van der Waals surface area contributed by atoms with Gasteiger partial charge in [-0.2, -0.15) is 0 Å². The molecule has 0 aromatic carbocycles. The molecule has 1 heterocycles. The number of imidazole rings is 1. The van der Waals surface area contributed by atoms with Gasteiger partial charge in [0.25, 0.3) is 0 Å². The first-order chi connectivity index (χ1) is 9.31. The zero-order chi connectivity index (χ0) is 14.9. The van der Waals surface area contributed by atoms with E-state index in [9.17, 15) is 9.59 Å². The molecule has 1 saturated carbocycles. The van der Waals surface area contributed by atoms with E-state index in [1.807, 2.05) is 17.8 Å². The molecule has 110 valence electrons. The van der Waals surface area contributed by atoms with Gasteiger partial charge in [0, 0.05) is 31.9 Å². The molecule has 2 rings (SSSR count). The second-order valence-electron chi connectivity index (χ2n) is 6.07. The van der Waals surface area contributed by atoms with E-state index >= 15 is 0 Å². The van der Waals surface area contributed by atoms with Crippen molar-refractivity contribution in [1.29, 1.82) is 0 Å². The van der Waals surface area contributed by atoms with Crippen LogP contribution in [0, 0.1) is 5.41 Å². The molecule has 0 aliphatic heterocycles. The predicted octanol–water partition coefficient (Wildman–Crippen LogP) is 1.41. The SMILES string of the molecule is Cn1ccnc1CN(C(=O)CC(C)(C)C(=O)O)C1CC1. The molecule has 6 nitrogen and oxygen atoms in total. The minimum atomic E-state index is -1.04. The Kier molecular flexibility index (Phi) is 3.83. The zero-order valence-corrected chi connectivity index (χ0v) is 12.2. The van der Waals surface area contributed by atoms with Crippen molar-refractivity contribution in [3.05, 3.63) is 18.2 Å². The third-order valence-electron chi connectivity index (χ3n) is 3.71. The van der Waals surface area contributed by atoms with Crippen molar-refractivity contribution < 1.29 is 14.7 Å². The molecule has 1 N–H and O–H groups in total. The second-order valence-corrected chi connectivity index (χ2v) is 6.07. The van der Waals surface area contributed by atoms with Crippen molar-refractivity contribution in [3.8, 4) is 0 Å². The van der Waals surface area contributed by atoms with Crippen molar-refractivity contribution in [3.63, 3.8) is 0 Å². The Morgan fingerprint density at radius 2 is 2.15 bits per heavy atom. The van der Waals surface area contributed by atoms with Crippen LogP contribution in [0.3, 0.4) is 0 Å². The van der Waals surface area contributed by atoms with Gasteiger partial charge in [0.05, 0.1) is 12.0 Å². The van der Waals surface area contributed by atoms with E-state index in [1.54, 1.807) is 24.9 Å². The first kappa shape index (κ1) is 14.6. The summed E-state index contributed by atoms with van der Waals surface area (Å²) in [6, 6.07) is 0.240. The maximum atomic E-state index is 12.4. The molecule has 0 spiro atoms. The summed E-state index contributed by atoms with van der Waals surface area (Å²) < 4.78 is 1.88. The third kappa shape index (κ3) is 3.18. The molecule has 0 saturated heterocycles. The Balaban J connectivity index is 2.07. The lowest BCUT2D eigenvalue weighted by Gasteiger charge is -2.26. The summed E-state index contributed by atoms with van der Waals surface area (Å²) in [6.07, 6.45) is 5.54. The molecule has 1 fully saturated rings. The van der Waals surface area contributed by atoms with Gasteiger partial charge in [-0.3, -0.25) is 9.59 Å². The number of aryl methyl sites for hydroxylation is 1. The Bertz CT molecular complexity index is 517. The molecular weight excluding hydrogens is 258 g/mol. The summed E-state index contributed by atoms with van der Waals surface area (Å²) in [6.45, 7) is 3.61. The quantitative estimate of drug-likeness (QED) is 0.854. The van der Waals surface area contributed by atoms with Crippen LogP contribution in [0.1, 0.15) is 38.9 Å². The Labute approximate surface area is 118 Å². The number of carboxylic acid groups (broad SMARTS) is 1. The molecule has 0 unspecified atom stereocenters. The van der Waals surface area contributed by atoms with Gasteiger partial charge < -0.3 is 14.6 Å². The van der Waals surface area contributed by atoms with Crippen molar-refractivity contribution in [2.24, 2.45) is 12.5 Å². The fourth-order valence-electron chi connectivity index (χ4n) is 2.06. The number of amides is 1. The van der Waals surface area contributed by atoms with Crippen LogP contribution < -0.4 is 0 Å². The molecular formula is C14H21N3O3. The first-order valence-corrected chi connectivity index (χ1v) is 6.80. The average molecular weight is 279 g/mol. The van der Waals surface area contributed by atoms with E-state index in [0.29, 0.717) is 6.54 Å². The Morgan fingerprint density at radius 1 is 1.50 bits per heavy atom. The van der Waals surface area contributed by atoms with Crippen LogP contribution >= 0.6 is 0 Å². The topological polar surface area (TPSA) is 75.4 Å². The number of nitrogens with zero attached hydrogens (tertiary/aromatic N) is 3. The maximum Gasteiger partial charge on any atom is 0.309 e. The highest BCUT2D eigenvalue weighted by Crippen LogP contribution is 2.31. The summed E-state index contributed by atoms with van der Waals surface area (Å²) >= 11 is 0. The fourth-order valence-corrected chi connectivity index (χ4v) is 2.06. The predicted molar refractivity (Wildman–Crippen MR) is 72.8 cm³/mol. The van der Waals surface area contributed by atoms with E-state index in [-0.39, 0.29) is 18.4 Å². The summed E-state index contributed by atoms with van der Waals surface area (Å²) in [5.74, 6) is -0.236. The highest BCUT2D eigenvalue weighted by molar-refractivity contribution is 5.84. The smallest absolute Gasteiger partial charge is 0.309 e. The van der Waals surface area contributed by atoms with Crippen LogP contribution in [-0.2, 0) is 23.2 Å². The van der Waals surface area contributed by atoms with Crippen LogP contribution in [-0.4, -0.2) is 37.5 Å². The van der Waals surface area contributed by atoms with Gasteiger partial charge in [-0.05, 0) is 26.7 Å². The van der Waals surface area contributed by atoms with Crippen molar-refractivity contribution in [2.75, 3.05) is 0 Å². The third-order valence-corrected chi connectivity index (χ3v) is 3.71. The van der Waals surface area contributed by atoms with E-state index < -0.39 is 11.4 Å².